The van der Waals surface area contributed by atoms with Gasteiger partial charge in [0.15, 0.2) is 10.6 Å². The molecule has 8 heteroatoms. The molecular formula is C15H21N4O2S2+. The number of nitrogens with one attached hydrogen (secondary N) is 2. The topological polar surface area (TPSA) is 63.8 Å². The maximum atomic E-state index is 9.77. The van der Waals surface area contributed by atoms with Crippen molar-refractivity contribution in [2.45, 2.75) is 25.6 Å². The number of hydrogen-bond acceptors (Lipinski definition) is 6. The Morgan fingerprint density at radius 1 is 1.48 bits per heavy atom. The van der Waals surface area contributed by atoms with E-state index in [1.54, 1.807) is 7.11 Å². The van der Waals surface area contributed by atoms with Gasteiger partial charge in [-0.05, 0) is 49.3 Å². The summed E-state index contributed by atoms with van der Waals surface area (Å²) in [6, 6.07) is 7.69. The van der Waals surface area contributed by atoms with Gasteiger partial charge in [-0.3, -0.25) is 0 Å². The second-order valence-electron chi connectivity index (χ2n) is 5.68. The van der Waals surface area contributed by atoms with Crippen molar-refractivity contribution in [3.63, 3.8) is 0 Å². The van der Waals surface area contributed by atoms with E-state index >= 15 is 0 Å². The lowest BCUT2D eigenvalue weighted by molar-refractivity contribution is -0.931. The number of piperidine rings is 1. The SMILES string of the molecule is COc1ccc(Nc2nn(C[NH+]3CCC[C@H](O)C3)c(=S)s2)cc1. The van der Waals surface area contributed by atoms with E-state index in [1.807, 2.05) is 28.9 Å². The van der Waals surface area contributed by atoms with E-state index < -0.39 is 0 Å². The number of likely N-dealkylation sites (tertiary alicyclic amines) is 1. The summed E-state index contributed by atoms with van der Waals surface area (Å²) in [5, 5.41) is 18.4. The predicted molar refractivity (Wildman–Crippen MR) is 93.2 cm³/mol. The van der Waals surface area contributed by atoms with Crippen LogP contribution in [0.5, 0.6) is 5.75 Å². The molecule has 1 aromatic carbocycles. The van der Waals surface area contributed by atoms with Crippen molar-refractivity contribution in [3.05, 3.63) is 28.2 Å². The fraction of sp³-hybridized carbons (Fsp3) is 0.467. The quantitative estimate of drug-likeness (QED) is 0.710. The molecule has 1 aliphatic heterocycles. The number of ether oxygens (including phenoxy) is 1. The zero-order chi connectivity index (χ0) is 16.2. The molecule has 0 spiro atoms. The second-order valence-corrected chi connectivity index (χ2v) is 7.31. The summed E-state index contributed by atoms with van der Waals surface area (Å²) in [5.41, 5.74) is 0.947. The minimum absolute atomic E-state index is 0.205. The van der Waals surface area contributed by atoms with Crippen LogP contribution in [0.3, 0.4) is 0 Å². The maximum Gasteiger partial charge on any atom is 0.209 e. The third kappa shape index (κ3) is 4.29. The largest absolute Gasteiger partial charge is 0.497 e. The molecule has 1 fully saturated rings. The molecule has 1 unspecified atom stereocenters. The lowest BCUT2D eigenvalue weighted by Gasteiger charge is -2.26. The first-order valence-corrected chi connectivity index (χ1v) is 8.87. The number of methoxy groups -OCH3 is 1. The molecule has 0 saturated carbocycles. The number of aliphatic hydroxyl groups excluding tert-OH is 1. The fourth-order valence-electron chi connectivity index (χ4n) is 2.73. The van der Waals surface area contributed by atoms with Crippen LogP contribution in [0.25, 0.3) is 0 Å². The van der Waals surface area contributed by atoms with Gasteiger partial charge in [0.1, 0.15) is 18.4 Å². The number of nitrogens with zero attached hydrogens (tertiary/aromatic N) is 2. The minimum atomic E-state index is -0.205. The van der Waals surface area contributed by atoms with Crippen LogP contribution in [-0.2, 0) is 6.67 Å². The average Bonchev–Trinajstić information content (AvgIpc) is 2.87. The lowest BCUT2D eigenvalue weighted by Crippen LogP contribution is -3.13. The highest BCUT2D eigenvalue weighted by atomic mass is 32.1. The van der Waals surface area contributed by atoms with Gasteiger partial charge < -0.3 is 20.1 Å². The first kappa shape index (κ1) is 16.4. The summed E-state index contributed by atoms with van der Waals surface area (Å²) in [5.74, 6) is 0.820. The van der Waals surface area contributed by atoms with E-state index in [2.05, 4.69) is 10.4 Å². The standard InChI is InChI=1S/C15H20N4O2S2/c1-21-13-6-4-11(5-7-13)16-14-17-19(15(22)23-14)10-18-8-2-3-12(20)9-18/h4-7,12,20H,2-3,8-10H2,1H3,(H,16,17)/p+1/t12-/m0/s1. The Hall–Kier alpha value is -1.48. The summed E-state index contributed by atoms with van der Waals surface area (Å²) in [7, 11) is 1.65. The molecule has 0 radical (unpaired) electrons. The number of benzene rings is 1. The third-order valence-electron chi connectivity index (χ3n) is 3.91. The molecule has 0 amide bonds. The van der Waals surface area contributed by atoms with Crippen LogP contribution >= 0.6 is 23.6 Å². The number of quaternary nitrogens is 1. The van der Waals surface area contributed by atoms with Gasteiger partial charge in [-0.2, -0.15) is 4.68 Å². The van der Waals surface area contributed by atoms with Crippen LogP contribution < -0.4 is 15.0 Å². The van der Waals surface area contributed by atoms with Crippen molar-refractivity contribution < 1.29 is 14.7 Å². The van der Waals surface area contributed by atoms with E-state index in [-0.39, 0.29) is 6.10 Å². The normalized spacial score (nSPS) is 21.1. The van der Waals surface area contributed by atoms with Gasteiger partial charge in [0.2, 0.25) is 5.13 Å². The Kier molecular flexibility index (Phi) is 5.27. The Balaban J connectivity index is 1.66. The number of hydrogen-bond donors (Lipinski definition) is 3. The zero-order valence-corrected chi connectivity index (χ0v) is 14.6. The van der Waals surface area contributed by atoms with E-state index in [1.165, 1.54) is 16.2 Å². The number of aromatic nitrogens is 2. The molecule has 0 aliphatic carbocycles. The highest BCUT2D eigenvalue weighted by Crippen LogP contribution is 2.22. The average molecular weight is 353 g/mol. The van der Waals surface area contributed by atoms with Crippen molar-refractivity contribution in [3.8, 4) is 5.75 Å². The second kappa shape index (κ2) is 7.39. The van der Waals surface area contributed by atoms with Crippen molar-refractivity contribution in [2.24, 2.45) is 0 Å². The summed E-state index contributed by atoms with van der Waals surface area (Å²) in [6.45, 7) is 2.52. The Bertz CT molecular complexity index is 698. The minimum Gasteiger partial charge on any atom is -0.497 e. The van der Waals surface area contributed by atoms with Crippen LogP contribution in [-0.4, -0.2) is 41.2 Å². The van der Waals surface area contributed by atoms with E-state index in [9.17, 15) is 5.11 Å². The first-order chi connectivity index (χ1) is 11.1. The van der Waals surface area contributed by atoms with Crippen molar-refractivity contribution in [1.29, 1.82) is 0 Å². The van der Waals surface area contributed by atoms with Crippen LogP contribution in [0.4, 0.5) is 10.8 Å². The molecule has 2 heterocycles. The number of aliphatic hydroxyl groups is 1. The van der Waals surface area contributed by atoms with Crippen LogP contribution in [0.15, 0.2) is 24.3 Å². The van der Waals surface area contributed by atoms with Gasteiger partial charge in [-0.25, -0.2) is 0 Å². The molecule has 1 aromatic heterocycles. The van der Waals surface area contributed by atoms with Crippen molar-refractivity contribution in [1.82, 2.24) is 9.78 Å². The van der Waals surface area contributed by atoms with Gasteiger partial charge in [0.25, 0.3) is 0 Å². The summed E-state index contributed by atoms with van der Waals surface area (Å²) < 4.78 is 7.74. The predicted octanol–water partition coefficient (Wildman–Crippen LogP) is 1.42. The summed E-state index contributed by atoms with van der Waals surface area (Å²) >= 11 is 6.87. The van der Waals surface area contributed by atoms with Gasteiger partial charge in [-0.1, -0.05) is 11.3 Å². The zero-order valence-electron chi connectivity index (χ0n) is 13.0. The molecule has 6 nitrogen and oxygen atoms in total. The van der Waals surface area contributed by atoms with Crippen LogP contribution in [0.1, 0.15) is 12.8 Å². The monoisotopic (exact) mass is 353 g/mol. The molecule has 124 valence electrons. The van der Waals surface area contributed by atoms with Gasteiger partial charge in [-0.15, -0.1) is 5.10 Å². The van der Waals surface area contributed by atoms with Gasteiger partial charge >= 0.3 is 0 Å². The van der Waals surface area contributed by atoms with E-state index in [0.717, 1.165) is 46.5 Å². The fourth-order valence-corrected chi connectivity index (χ4v) is 3.76. The van der Waals surface area contributed by atoms with Crippen LogP contribution in [0.2, 0.25) is 0 Å². The van der Waals surface area contributed by atoms with E-state index in [4.69, 9.17) is 17.0 Å². The van der Waals surface area contributed by atoms with E-state index in [0.29, 0.717) is 6.67 Å². The highest BCUT2D eigenvalue weighted by Gasteiger charge is 2.21. The van der Waals surface area contributed by atoms with Crippen LogP contribution in [0, 0.1) is 3.95 Å². The molecule has 2 aromatic rings. The van der Waals surface area contributed by atoms with Gasteiger partial charge in [0.05, 0.1) is 13.7 Å². The Morgan fingerprint density at radius 2 is 2.26 bits per heavy atom. The molecule has 23 heavy (non-hydrogen) atoms. The molecule has 0 bridgehead atoms. The Morgan fingerprint density at radius 3 is 2.96 bits per heavy atom. The lowest BCUT2D eigenvalue weighted by atomic mass is 10.1. The van der Waals surface area contributed by atoms with Crippen molar-refractivity contribution in [2.75, 3.05) is 25.5 Å². The Labute approximate surface area is 144 Å². The summed E-state index contributed by atoms with van der Waals surface area (Å²) in [4.78, 5) is 1.32. The molecular weight excluding hydrogens is 332 g/mol. The van der Waals surface area contributed by atoms with Crippen molar-refractivity contribution >= 4 is 34.4 Å². The third-order valence-corrected chi connectivity index (χ3v) is 5.14. The molecule has 1 saturated heterocycles. The van der Waals surface area contributed by atoms with Gasteiger partial charge in [0, 0.05) is 5.69 Å². The maximum absolute atomic E-state index is 9.77. The number of rotatable bonds is 5. The molecule has 3 rings (SSSR count). The summed E-state index contributed by atoms with van der Waals surface area (Å²) in [6.07, 6.45) is 1.74. The smallest absolute Gasteiger partial charge is 0.209 e. The number of anilines is 2. The first-order valence-electron chi connectivity index (χ1n) is 7.64. The highest BCUT2D eigenvalue weighted by molar-refractivity contribution is 7.73. The molecule has 1 aliphatic rings. The molecule has 2 atom stereocenters. The molecule has 3 N–H and O–H groups in total.